The molecule has 1 aromatic rings. The van der Waals surface area contributed by atoms with Crippen LogP contribution >= 0.6 is 24.8 Å². The summed E-state index contributed by atoms with van der Waals surface area (Å²) in [5.74, 6) is 0. The lowest BCUT2D eigenvalue weighted by molar-refractivity contribution is -0.00149. The zero-order valence-corrected chi connectivity index (χ0v) is 10.3. The van der Waals surface area contributed by atoms with Gasteiger partial charge in [-0.3, -0.25) is 4.68 Å². The number of rotatable bonds is 1. The van der Waals surface area contributed by atoms with Crippen LogP contribution in [0.15, 0.2) is 12.3 Å². The third-order valence-corrected chi connectivity index (χ3v) is 2.73. The summed E-state index contributed by atoms with van der Waals surface area (Å²) in [6.07, 6.45) is 3.27. The molecule has 2 N–H and O–H groups in total. The molecule has 2 rings (SSSR count). The maximum absolute atomic E-state index is 10.3. The van der Waals surface area contributed by atoms with E-state index in [0.717, 1.165) is 31.6 Å². The van der Waals surface area contributed by atoms with Crippen LogP contribution in [0.25, 0.3) is 0 Å². The first-order valence-corrected chi connectivity index (χ1v) is 4.64. The van der Waals surface area contributed by atoms with Gasteiger partial charge in [0.25, 0.3) is 0 Å². The van der Waals surface area contributed by atoms with Crippen molar-refractivity contribution >= 4 is 24.8 Å². The molecule has 1 fully saturated rings. The molecule has 0 bridgehead atoms. The molecule has 1 aliphatic heterocycles. The molecule has 4 nitrogen and oxygen atoms in total. The largest absolute Gasteiger partial charge is 0.383 e. The van der Waals surface area contributed by atoms with Crippen molar-refractivity contribution in [2.24, 2.45) is 7.05 Å². The number of aromatic nitrogens is 2. The Hall–Kier alpha value is -0.290. The second-order valence-corrected chi connectivity index (χ2v) is 3.62. The Morgan fingerprint density at radius 2 is 2.00 bits per heavy atom. The highest BCUT2D eigenvalue weighted by Crippen LogP contribution is 2.29. The van der Waals surface area contributed by atoms with Gasteiger partial charge in [0.15, 0.2) is 0 Å². The molecule has 88 valence electrons. The molecule has 1 aromatic heterocycles. The number of halogens is 2. The van der Waals surface area contributed by atoms with E-state index < -0.39 is 5.60 Å². The molecule has 1 saturated heterocycles. The molecule has 15 heavy (non-hydrogen) atoms. The Kier molecular flexibility index (Phi) is 5.59. The molecule has 0 aromatic carbocycles. The van der Waals surface area contributed by atoms with E-state index in [0.29, 0.717) is 0 Å². The van der Waals surface area contributed by atoms with Crippen LogP contribution < -0.4 is 5.32 Å². The van der Waals surface area contributed by atoms with Gasteiger partial charge in [0.05, 0.1) is 5.69 Å². The van der Waals surface area contributed by atoms with Crippen LogP contribution in [0.2, 0.25) is 0 Å². The molecule has 0 atom stereocenters. The normalized spacial score (nSPS) is 18.8. The fourth-order valence-electron chi connectivity index (χ4n) is 1.93. The number of aryl methyl sites for hydroxylation is 1. The minimum atomic E-state index is -0.670. The second kappa shape index (κ2) is 5.70. The molecule has 0 aliphatic carbocycles. The first-order chi connectivity index (χ1) is 6.22. The maximum Gasteiger partial charge on any atom is 0.109 e. The summed E-state index contributed by atoms with van der Waals surface area (Å²) in [5, 5.41) is 17.6. The Morgan fingerprint density at radius 3 is 2.47 bits per heavy atom. The molecule has 1 aliphatic rings. The average molecular weight is 254 g/mol. The fourth-order valence-corrected chi connectivity index (χ4v) is 1.93. The standard InChI is InChI=1S/C9H15N3O.2ClH/c1-12-8(2-5-11-12)9(13)3-6-10-7-4-9;;/h2,5,10,13H,3-4,6-7H2,1H3;2*1H. The van der Waals surface area contributed by atoms with E-state index >= 15 is 0 Å². The van der Waals surface area contributed by atoms with Gasteiger partial charge in [-0.2, -0.15) is 5.10 Å². The summed E-state index contributed by atoms with van der Waals surface area (Å²) in [4.78, 5) is 0. The predicted octanol–water partition coefficient (Wildman–Crippen LogP) is 0.835. The molecular weight excluding hydrogens is 237 g/mol. The Labute approximate surface area is 102 Å². The highest BCUT2D eigenvalue weighted by atomic mass is 35.5. The third kappa shape index (κ3) is 2.84. The molecule has 0 unspecified atom stereocenters. The van der Waals surface area contributed by atoms with Gasteiger partial charge in [-0.15, -0.1) is 24.8 Å². The van der Waals surface area contributed by atoms with Gasteiger partial charge in [-0.25, -0.2) is 0 Å². The summed E-state index contributed by atoms with van der Waals surface area (Å²) < 4.78 is 1.76. The van der Waals surface area contributed by atoms with Crippen molar-refractivity contribution in [3.63, 3.8) is 0 Å². The summed E-state index contributed by atoms with van der Waals surface area (Å²) in [6.45, 7) is 1.75. The zero-order valence-electron chi connectivity index (χ0n) is 8.64. The number of aliphatic hydroxyl groups is 1. The third-order valence-electron chi connectivity index (χ3n) is 2.73. The zero-order chi connectivity index (χ0) is 9.31. The van der Waals surface area contributed by atoms with Gasteiger partial charge >= 0.3 is 0 Å². The van der Waals surface area contributed by atoms with Crippen molar-refractivity contribution < 1.29 is 5.11 Å². The molecule has 0 saturated carbocycles. The number of hydrogen-bond acceptors (Lipinski definition) is 3. The van der Waals surface area contributed by atoms with Crippen LogP contribution in [0.3, 0.4) is 0 Å². The quantitative estimate of drug-likeness (QED) is 0.780. The molecule has 6 heteroatoms. The van der Waals surface area contributed by atoms with Gasteiger partial charge in [-0.1, -0.05) is 0 Å². The molecule has 0 spiro atoms. The second-order valence-electron chi connectivity index (χ2n) is 3.62. The Morgan fingerprint density at radius 1 is 1.40 bits per heavy atom. The van der Waals surface area contributed by atoms with E-state index in [1.54, 1.807) is 10.9 Å². The first-order valence-electron chi connectivity index (χ1n) is 4.64. The van der Waals surface area contributed by atoms with E-state index in [2.05, 4.69) is 10.4 Å². The van der Waals surface area contributed by atoms with Crippen LogP contribution in [-0.4, -0.2) is 28.0 Å². The summed E-state index contributed by atoms with van der Waals surface area (Å²) >= 11 is 0. The van der Waals surface area contributed by atoms with E-state index in [-0.39, 0.29) is 24.8 Å². The van der Waals surface area contributed by atoms with Gasteiger partial charge in [0.1, 0.15) is 5.60 Å². The maximum atomic E-state index is 10.3. The van der Waals surface area contributed by atoms with Crippen LogP contribution in [0, 0.1) is 0 Å². The van der Waals surface area contributed by atoms with Gasteiger partial charge in [0, 0.05) is 13.2 Å². The minimum Gasteiger partial charge on any atom is -0.383 e. The van der Waals surface area contributed by atoms with Gasteiger partial charge in [-0.05, 0) is 32.0 Å². The lowest BCUT2D eigenvalue weighted by atomic mass is 9.89. The van der Waals surface area contributed by atoms with Crippen molar-refractivity contribution in [1.29, 1.82) is 0 Å². The van der Waals surface area contributed by atoms with Crippen LogP contribution in [0.4, 0.5) is 0 Å². The van der Waals surface area contributed by atoms with Crippen LogP contribution in [0.5, 0.6) is 0 Å². The summed E-state index contributed by atoms with van der Waals surface area (Å²) in [7, 11) is 1.87. The van der Waals surface area contributed by atoms with Gasteiger partial charge in [0.2, 0.25) is 0 Å². The van der Waals surface area contributed by atoms with Crippen molar-refractivity contribution in [2.45, 2.75) is 18.4 Å². The van der Waals surface area contributed by atoms with Crippen molar-refractivity contribution in [3.8, 4) is 0 Å². The van der Waals surface area contributed by atoms with E-state index in [1.165, 1.54) is 0 Å². The highest BCUT2D eigenvalue weighted by Gasteiger charge is 2.33. The predicted molar refractivity (Wildman–Crippen MR) is 63.7 cm³/mol. The molecule has 0 radical (unpaired) electrons. The average Bonchev–Trinajstić information content (AvgIpc) is 2.53. The topological polar surface area (TPSA) is 50.1 Å². The van der Waals surface area contributed by atoms with Gasteiger partial charge < -0.3 is 10.4 Å². The summed E-state index contributed by atoms with van der Waals surface area (Å²) in [5.41, 5.74) is 0.255. The minimum absolute atomic E-state index is 0. The van der Waals surface area contributed by atoms with Crippen LogP contribution in [0.1, 0.15) is 18.5 Å². The summed E-state index contributed by atoms with van der Waals surface area (Å²) in [6, 6.07) is 1.89. The molecule has 2 heterocycles. The van der Waals surface area contributed by atoms with E-state index in [4.69, 9.17) is 0 Å². The monoisotopic (exact) mass is 253 g/mol. The number of piperidine rings is 1. The Balaban J connectivity index is 0.000000980. The van der Waals surface area contributed by atoms with E-state index in [1.807, 2.05) is 13.1 Å². The van der Waals surface area contributed by atoms with Crippen molar-refractivity contribution in [1.82, 2.24) is 15.1 Å². The smallest absolute Gasteiger partial charge is 0.109 e. The lowest BCUT2D eigenvalue weighted by Gasteiger charge is -2.32. The number of hydrogen-bond donors (Lipinski definition) is 2. The SMILES string of the molecule is Cl.Cl.Cn1nccc1C1(O)CCNCC1. The van der Waals surface area contributed by atoms with Crippen molar-refractivity contribution in [2.75, 3.05) is 13.1 Å². The Bertz CT molecular complexity index is 297. The van der Waals surface area contributed by atoms with Crippen molar-refractivity contribution in [3.05, 3.63) is 18.0 Å². The highest BCUT2D eigenvalue weighted by molar-refractivity contribution is 5.85. The molecular formula is C9H17Cl2N3O. The lowest BCUT2D eigenvalue weighted by Crippen LogP contribution is -2.40. The fraction of sp³-hybridized carbons (Fsp3) is 0.667. The van der Waals surface area contributed by atoms with Crippen LogP contribution in [-0.2, 0) is 12.6 Å². The first kappa shape index (κ1) is 14.7. The number of nitrogens with one attached hydrogen (secondary N) is 1. The van der Waals surface area contributed by atoms with E-state index in [9.17, 15) is 5.11 Å². The molecule has 0 amide bonds. The number of nitrogens with zero attached hydrogens (tertiary/aromatic N) is 2.